The molecule has 3 heterocycles. The lowest BCUT2D eigenvalue weighted by Crippen LogP contribution is -1.91. The van der Waals surface area contributed by atoms with E-state index in [1.807, 2.05) is 54.6 Å². The van der Waals surface area contributed by atoms with E-state index in [4.69, 9.17) is 4.42 Å². The first-order chi connectivity index (χ1) is 11.4. The van der Waals surface area contributed by atoms with Crippen LogP contribution in [0.2, 0.25) is 0 Å². The molecule has 4 aromatic rings. The van der Waals surface area contributed by atoms with Crippen LogP contribution in [-0.2, 0) is 0 Å². The fraction of sp³-hybridized carbons (Fsp3) is 0. The van der Waals surface area contributed by atoms with Crippen LogP contribution < -0.4 is 4.72 Å². The number of nitrogens with one attached hydrogen (secondary N) is 1. The monoisotopic (exact) mass is 320 g/mol. The fourth-order valence-electron chi connectivity index (χ4n) is 2.11. The Kier molecular flexibility index (Phi) is 3.65. The number of pyridine rings is 2. The van der Waals surface area contributed by atoms with E-state index in [0.717, 1.165) is 16.3 Å². The van der Waals surface area contributed by atoms with E-state index in [1.165, 1.54) is 11.9 Å². The van der Waals surface area contributed by atoms with Gasteiger partial charge in [-0.3, -0.25) is 0 Å². The Morgan fingerprint density at radius 3 is 2.70 bits per heavy atom. The molecule has 0 saturated carbocycles. The lowest BCUT2D eigenvalue weighted by molar-refractivity contribution is 0.619. The summed E-state index contributed by atoms with van der Waals surface area (Å²) in [5.41, 5.74) is 2.13. The highest BCUT2D eigenvalue weighted by molar-refractivity contribution is 8.00. The van der Waals surface area contributed by atoms with Crippen LogP contribution in [-0.4, -0.2) is 15.0 Å². The molecule has 3 aromatic heterocycles. The van der Waals surface area contributed by atoms with Crippen molar-refractivity contribution in [1.29, 1.82) is 0 Å². The first-order valence-electron chi connectivity index (χ1n) is 7.04. The minimum atomic E-state index is 0.536. The molecular formula is C17H12N4OS. The van der Waals surface area contributed by atoms with Gasteiger partial charge in [-0.25, -0.2) is 9.97 Å². The average Bonchev–Trinajstić information content (AvgIpc) is 3.05. The van der Waals surface area contributed by atoms with Gasteiger partial charge in [0.05, 0.1) is 0 Å². The topological polar surface area (TPSA) is 63.8 Å². The van der Waals surface area contributed by atoms with Crippen LogP contribution >= 0.6 is 11.9 Å². The molecule has 6 heteroatoms. The van der Waals surface area contributed by atoms with Crippen LogP contribution in [0.15, 0.2) is 76.3 Å². The normalized spacial score (nSPS) is 10.8. The molecule has 0 atom stereocenters. The third-order valence-electron chi connectivity index (χ3n) is 3.19. The molecule has 0 saturated heterocycles. The minimum absolute atomic E-state index is 0.536. The number of hydrogen-bond acceptors (Lipinski definition) is 6. The van der Waals surface area contributed by atoms with Gasteiger partial charge >= 0.3 is 0 Å². The number of aromatic nitrogens is 3. The van der Waals surface area contributed by atoms with E-state index in [1.54, 1.807) is 12.4 Å². The molecule has 112 valence electrons. The van der Waals surface area contributed by atoms with Gasteiger partial charge in [-0.05, 0) is 48.3 Å². The van der Waals surface area contributed by atoms with Crippen molar-refractivity contribution in [3.05, 3.63) is 67.0 Å². The summed E-state index contributed by atoms with van der Waals surface area (Å²) in [5.74, 6) is 1.28. The molecule has 0 unspecified atom stereocenters. The van der Waals surface area contributed by atoms with Crippen molar-refractivity contribution in [2.75, 3.05) is 4.72 Å². The summed E-state index contributed by atoms with van der Waals surface area (Å²) >= 11 is 1.51. The highest BCUT2D eigenvalue weighted by atomic mass is 32.2. The third-order valence-corrected chi connectivity index (χ3v) is 4.01. The predicted molar refractivity (Wildman–Crippen MR) is 91.0 cm³/mol. The molecule has 0 radical (unpaired) electrons. The second kappa shape index (κ2) is 6.10. The first kappa shape index (κ1) is 13.8. The lowest BCUT2D eigenvalue weighted by atomic mass is 10.2. The summed E-state index contributed by atoms with van der Waals surface area (Å²) < 4.78 is 8.96. The third kappa shape index (κ3) is 3.02. The molecular weight excluding hydrogens is 308 g/mol. The molecule has 0 aliphatic rings. The van der Waals surface area contributed by atoms with Gasteiger partial charge in [0.25, 0.3) is 0 Å². The number of nitrogens with zero attached hydrogens (tertiary/aromatic N) is 3. The van der Waals surface area contributed by atoms with Crippen molar-refractivity contribution >= 4 is 29.0 Å². The van der Waals surface area contributed by atoms with Crippen LogP contribution in [0, 0.1) is 0 Å². The molecule has 0 bridgehead atoms. The molecule has 1 aromatic carbocycles. The zero-order valence-corrected chi connectivity index (χ0v) is 12.8. The van der Waals surface area contributed by atoms with Gasteiger partial charge in [0.15, 0.2) is 11.2 Å². The fourth-order valence-corrected chi connectivity index (χ4v) is 2.74. The van der Waals surface area contributed by atoms with E-state index in [2.05, 4.69) is 19.7 Å². The van der Waals surface area contributed by atoms with Gasteiger partial charge in [-0.2, -0.15) is 4.98 Å². The quantitative estimate of drug-likeness (QED) is 0.562. The zero-order chi connectivity index (χ0) is 15.5. The Morgan fingerprint density at radius 1 is 0.913 bits per heavy atom. The predicted octanol–water partition coefficient (Wildman–Crippen LogP) is 4.40. The van der Waals surface area contributed by atoms with Crippen molar-refractivity contribution in [2.24, 2.45) is 0 Å². The van der Waals surface area contributed by atoms with E-state index in [0.29, 0.717) is 17.1 Å². The Labute approximate surface area is 136 Å². The van der Waals surface area contributed by atoms with Crippen LogP contribution in [0.5, 0.6) is 0 Å². The summed E-state index contributed by atoms with van der Waals surface area (Å²) in [7, 11) is 0. The number of benzene rings is 1. The minimum Gasteiger partial charge on any atom is -0.434 e. The number of hydrogen-bond donors (Lipinski definition) is 1. The number of fused-ring (bicyclic) bond motifs is 1. The molecule has 4 rings (SSSR count). The van der Waals surface area contributed by atoms with Gasteiger partial charge in [0.1, 0.15) is 5.82 Å². The smallest absolute Gasteiger partial charge is 0.229 e. The molecule has 1 N–H and O–H groups in total. The van der Waals surface area contributed by atoms with Crippen LogP contribution in [0.3, 0.4) is 0 Å². The highest BCUT2D eigenvalue weighted by Gasteiger charge is 2.09. The Bertz CT molecular complexity index is 906. The summed E-state index contributed by atoms with van der Waals surface area (Å²) in [6.45, 7) is 0. The first-order valence-corrected chi connectivity index (χ1v) is 7.86. The summed E-state index contributed by atoms with van der Waals surface area (Å²) in [4.78, 5) is 14.0. The van der Waals surface area contributed by atoms with Gasteiger partial charge in [0.2, 0.25) is 5.89 Å². The summed E-state index contributed by atoms with van der Waals surface area (Å²) in [6, 6.07) is 17.5. The lowest BCUT2D eigenvalue weighted by Gasteiger charge is -2.05. The molecule has 23 heavy (non-hydrogen) atoms. The summed E-state index contributed by atoms with van der Waals surface area (Å²) in [6.07, 6.45) is 3.43. The Balaban J connectivity index is 1.58. The second-order valence-corrected chi connectivity index (χ2v) is 5.67. The largest absolute Gasteiger partial charge is 0.434 e. The zero-order valence-electron chi connectivity index (χ0n) is 12.0. The maximum atomic E-state index is 5.74. The van der Waals surface area contributed by atoms with Gasteiger partial charge in [0, 0.05) is 22.9 Å². The average molecular weight is 320 g/mol. The van der Waals surface area contributed by atoms with Crippen molar-refractivity contribution in [3.8, 4) is 11.5 Å². The molecule has 0 amide bonds. The Hall–Kier alpha value is -2.86. The van der Waals surface area contributed by atoms with Crippen LogP contribution in [0.1, 0.15) is 0 Å². The van der Waals surface area contributed by atoms with Crippen LogP contribution in [0.25, 0.3) is 22.7 Å². The standard InChI is InChI=1S/C17H12N4OS/c1-2-5-13(6-3-1)23-21-15-11-12(8-10-18-15)17-20-16-14(22-17)7-4-9-19-16/h1-11H,(H,18,21). The number of oxazole rings is 1. The number of rotatable bonds is 4. The molecule has 0 aliphatic heterocycles. The number of anilines is 1. The van der Waals surface area contributed by atoms with E-state index < -0.39 is 0 Å². The SMILES string of the molecule is c1ccc(SNc2cc(-c3nc4ncccc4o3)ccn2)cc1. The van der Waals surface area contributed by atoms with Crippen molar-refractivity contribution in [3.63, 3.8) is 0 Å². The van der Waals surface area contributed by atoms with Crippen LogP contribution in [0.4, 0.5) is 5.82 Å². The Morgan fingerprint density at radius 2 is 1.83 bits per heavy atom. The highest BCUT2D eigenvalue weighted by Crippen LogP contribution is 2.26. The second-order valence-electron chi connectivity index (χ2n) is 4.79. The molecule has 0 spiro atoms. The van der Waals surface area contributed by atoms with Crippen molar-refractivity contribution < 1.29 is 4.42 Å². The maximum absolute atomic E-state index is 5.74. The van der Waals surface area contributed by atoms with Crippen molar-refractivity contribution in [2.45, 2.75) is 4.90 Å². The van der Waals surface area contributed by atoms with E-state index >= 15 is 0 Å². The molecule has 0 aliphatic carbocycles. The van der Waals surface area contributed by atoms with Gasteiger partial charge in [-0.15, -0.1) is 0 Å². The van der Waals surface area contributed by atoms with Gasteiger partial charge < -0.3 is 9.14 Å². The molecule has 0 fully saturated rings. The molecule has 5 nitrogen and oxygen atoms in total. The maximum Gasteiger partial charge on any atom is 0.229 e. The van der Waals surface area contributed by atoms with E-state index in [-0.39, 0.29) is 0 Å². The van der Waals surface area contributed by atoms with E-state index in [9.17, 15) is 0 Å². The van der Waals surface area contributed by atoms with Crippen molar-refractivity contribution in [1.82, 2.24) is 15.0 Å². The summed E-state index contributed by atoms with van der Waals surface area (Å²) in [5, 5.41) is 0. The van der Waals surface area contributed by atoms with Gasteiger partial charge in [-0.1, -0.05) is 18.2 Å².